The largest absolute Gasteiger partial charge is 0.478 e. The minimum Gasteiger partial charge on any atom is -0.478 e. The van der Waals surface area contributed by atoms with E-state index in [4.69, 9.17) is 5.11 Å². The molecule has 0 saturated carbocycles. The zero-order valence-electron chi connectivity index (χ0n) is 8.11. The Morgan fingerprint density at radius 3 is 2.69 bits per heavy atom. The maximum Gasteiger partial charge on any atom is 0.339 e. The number of nitrogens with zero attached hydrogens (tertiary/aromatic N) is 2. The van der Waals surface area contributed by atoms with E-state index in [-0.39, 0.29) is 0 Å². The molecule has 0 aliphatic carbocycles. The summed E-state index contributed by atoms with van der Waals surface area (Å²) in [6.07, 6.45) is 1.40. The normalized spacial score (nSPS) is 10.8. The van der Waals surface area contributed by atoms with Gasteiger partial charge in [-0.25, -0.2) is 4.79 Å². The predicted molar refractivity (Wildman–Crippen MR) is 48.8 cm³/mol. The Morgan fingerprint density at radius 2 is 2.31 bits per heavy atom. The zero-order chi connectivity index (χ0) is 10.0. The van der Waals surface area contributed by atoms with Crippen molar-refractivity contribution < 1.29 is 9.90 Å². The van der Waals surface area contributed by atoms with E-state index in [9.17, 15) is 4.79 Å². The molecule has 0 bridgehead atoms. The monoisotopic (exact) mass is 182 g/mol. The molecule has 0 aliphatic heterocycles. The fourth-order valence-corrected chi connectivity index (χ4v) is 1.19. The third kappa shape index (κ3) is 2.08. The molecule has 13 heavy (non-hydrogen) atoms. The van der Waals surface area contributed by atoms with Crippen molar-refractivity contribution in [1.82, 2.24) is 9.78 Å². The van der Waals surface area contributed by atoms with Crippen molar-refractivity contribution >= 4 is 5.97 Å². The first-order chi connectivity index (χ1) is 6.02. The molecule has 0 unspecified atom stereocenters. The first kappa shape index (κ1) is 9.77. The van der Waals surface area contributed by atoms with E-state index in [2.05, 4.69) is 18.9 Å². The van der Waals surface area contributed by atoms with Crippen LogP contribution in [-0.4, -0.2) is 20.9 Å². The first-order valence-electron chi connectivity index (χ1n) is 4.28. The van der Waals surface area contributed by atoms with Crippen LogP contribution < -0.4 is 0 Å². The van der Waals surface area contributed by atoms with E-state index in [1.165, 1.54) is 6.20 Å². The lowest BCUT2D eigenvalue weighted by atomic mass is 10.2. The molecule has 1 aromatic heterocycles. The average Bonchev–Trinajstić information content (AvgIpc) is 2.32. The minimum atomic E-state index is -0.910. The maximum atomic E-state index is 10.7. The summed E-state index contributed by atoms with van der Waals surface area (Å²) in [5.74, 6) is -0.437. The van der Waals surface area contributed by atoms with E-state index in [0.29, 0.717) is 11.5 Å². The Hall–Kier alpha value is -1.32. The molecule has 0 fully saturated rings. The van der Waals surface area contributed by atoms with Crippen molar-refractivity contribution in [2.24, 2.45) is 5.92 Å². The standard InChI is InChI=1S/C9H14N2O2/c1-6(2)5-11-7(3)8(4-10-11)9(12)13/h4,6H,5H2,1-3H3,(H,12,13). The first-order valence-corrected chi connectivity index (χ1v) is 4.28. The van der Waals surface area contributed by atoms with Crippen molar-refractivity contribution in [1.29, 1.82) is 0 Å². The van der Waals surface area contributed by atoms with Crippen LogP contribution in [-0.2, 0) is 6.54 Å². The topological polar surface area (TPSA) is 55.1 Å². The van der Waals surface area contributed by atoms with E-state index < -0.39 is 5.97 Å². The number of hydrogen-bond acceptors (Lipinski definition) is 2. The van der Waals surface area contributed by atoms with Crippen LogP contribution in [0.15, 0.2) is 6.20 Å². The van der Waals surface area contributed by atoms with Gasteiger partial charge in [0, 0.05) is 12.2 Å². The summed E-state index contributed by atoms with van der Waals surface area (Å²) in [6.45, 7) is 6.68. The van der Waals surface area contributed by atoms with E-state index >= 15 is 0 Å². The summed E-state index contributed by atoms with van der Waals surface area (Å²) in [6, 6.07) is 0. The second-order valence-corrected chi connectivity index (χ2v) is 3.52. The van der Waals surface area contributed by atoms with Gasteiger partial charge < -0.3 is 5.11 Å². The van der Waals surface area contributed by atoms with Gasteiger partial charge in [0.2, 0.25) is 0 Å². The highest BCUT2D eigenvalue weighted by atomic mass is 16.4. The van der Waals surface area contributed by atoms with E-state index in [1.54, 1.807) is 11.6 Å². The van der Waals surface area contributed by atoms with Gasteiger partial charge in [-0.3, -0.25) is 4.68 Å². The summed E-state index contributed by atoms with van der Waals surface area (Å²) in [7, 11) is 0. The lowest BCUT2D eigenvalue weighted by Crippen LogP contribution is -2.08. The van der Waals surface area contributed by atoms with Crippen LogP contribution in [0, 0.1) is 12.8 Å². The van der Waals surface area contributed by atoms with Crippen LogP contribution in [0.3, 0.4) is 0 Å². The Bertz CT molecular complexity index is 315. The third-order valence-corrected chi connectivity index (χ3v) is 1.87. The minimum absolute atomic E-state index is 0.292. The van der Waals surface area contributed by atoms with Gasteiger partial charge in [-0.2, -0.15) is 5.10 Å². The van der Waals surface area contributed by atoms with Crippen molar-refractivity contribution in [3.63, 3.8) is 0 Å². The second kappa shape index (κ2) is 3.60. The molecular weight excluding hydrogens is 168 g/mol. The highest BCUT2D eigenvalue weighted by Crippen LogP contribution is 2.08. The number of carboxylic acid groups (broad SMARTS) is 1. The van der Waals surface area contributed by atoms with Crippen molar-refractivity contribution in [3.05, 3.63) is 17.5 Å². The van der Waals surface area contributed by atoms with Gasteiger partial charge in [-0.1, -0.05) is 13.8 Å². The summed E-state index contributed by atoms with van der Waals surface area (Å²) in [4.78, 5) is 10.7. The number of rotatable bonds is 3. The fraction of sp³-hybridized carbons (Fsp3) is 0.556. The molecule has 4 nitrogen and oxygen atoms in total. The van der Waals surface area contributed by atoms with E-state index in [1.807, 2.05) is 0 Å². The molecule has 1 heterocycles. The summed E-state index contributed by atoms with van der Waals surface area (Å²) in [5.41, 5.74) is 1.02. The van der Waals surface area contributed by atoms with Gasteiger partial charge in [0.25, 0.3) is 0 Å². The molecule has 0 radical (unpaired) electrons. The van der Waals surface area contributed by atoms with Crippen LogP contribution in [0.2, 0.25) is 0 Å². The van der Waals surface area contributed by atoms with Crippen LogP contribution in [0.4, 0.5) is 0 Å². The highest BCUT2D eigenvalue weighted by molar-refractivity contribution is 5.88. The molecule has 0 atom stereocenters. The summed E-state index contributed by atoms with van der Waals surface area (Å²) in [5, 5.41) is 12.8. The quantitative estimate of drug-likeness (QED) is 0.771. The van der Waals surface area contributed by atoms with Gasteiger partial charge in [0.1, 0.15) is 5.56 Å². The van der Waals surface area contributed by atoms with Crippen LogP contribution in [0.5, 0.6) is 0 Å². The molecule has 1 rings (SSSR count). The third-order valence-electron chi connectivity index (χ3n) is 1.87. The van der Waals surface area contributed by atoms with Gasteiger partial charge in [-0.15, -0.1) is 0 Å². The number of hydrogen-bond donors (Lipinski definition) is 1. The van der Waals surface area contributed by atoms with Crippen LogP contribution in [0.1, 0.15) is 29.9 Å². The molecule has 1 aromatic rings. The Kier molecular flexibility index (Phi) is 2.70. The Balaban J connectivity index is 2.93. The molecule has 1 N–H and O–H groups in total. The molecule has 0 spiro atoms. The average molecular weight is 182 g/mol. The SMILES string of the molecule is Cc1c(C(=O)O)cnn1CC(C)C. The van der Waals surface area contributed by atoms with Gasteiger partial charge in [-0.05, 0) is 12.8 Å². The van der Waals surface area contributed by atoms with Crippen molar-refractivity contribution in [3.8, 4) is 0 Å². The fourth-order valence-electron chi connectivity index (χ4n) is 1.19. The van der Waals surface area contributed by atoms with Gasteiger partial charge in [0.05, 0.1) is 6.20 Å². The van der Waals surface area contributed by atoms with Crippen LogP contribution in [0.25, 0.3) is 0 Å². The lowest BCUT2D eigenvalue weighted by Gasteiger charge is -2.06. The lowest BCUT2D eigenvalue weighted by molar-refractivity contribution is 0.0696. The number of aromatic nitrogens is 2. The summed E-state index contributed by atoms with van der Waals surface area (Å²) < 4.78 is 1.73. The molecule has 0 aromatic carbocycles. The predicted octanol–water partition coefficient (Wildman–Crippen LogP) is 1.55. The molecular formula is C9H14N2O2. The molecule has 0 aliphatic rings. The molecule has 72 valence electrons. The molecule has 4 heteroatoms. The zero-order valence-corrected chi connectivity index (χ0v) is 8.11. The number of carboxylic acids is 1. The van der Waals surface area contributed by atoms with Gasteiger partial charge >= 0.3 is 5.97 Å². The van der Waals surface area contributed by atoms with E-state index in [0.717, 1.165) is 12.2 Å². The smallest absolute Gasteiger partial charge is 0.339 e. The Morgan fingerprint density at radius 1 is 1.69 bits per heavy atom. The summed E-state index contributed by atoms with van der Waals surface area (Å²) >= 11 is 0. The van der Waals surface area contributed by atoms with Crippen molar-refractivity contribution in [2.75, 3.05) is 0 Å². The maximum absolute atomic E-state index is 10.7. The number of carbonyl (C=O) groups is 1. The van der Waals surface area contributed by atoms with Crippen LogP contribution >= 0.6 is 0 Å². The second-order valence-electron chi connectivity index (χ2n) is 3.52. The Labute approximate surface area is 77.2 Å². The molecule has 0 saturated heterocycles. The molecule has 0 amide bonds. The van der Waals surface area contributed by atoms with Crippen molar-refractivity contribution in [2.45, 2.75) is 27.3 Å². The van der Waals surface area contributed by atoms with Gasteiger partial charge in [0.15, 0.2) is 0 Å². The number of aromatic carboxylic acids is 1. The highest BCUT2D eigenvalue weighted by Gasteiger charge is 2.12.